The van der Waals surface area contributed by atoms with E-state index in [1.54, 1.807) is 6.07 Å². The highest BCUT2D eigenvalue weighted by Crippen LogP contribution is 2.16. The minimum Gasteiger partial charge on any atom is -0.368 e. The van der Waals surface area contributed by atoms with E-state index >= 15 is 0 Å². The van der Waals surface area contributed by atoms with Gasteiger partial charge in [-0.2, -0.15) is 5.10 Å². The molecule has 7 nitrogen and oxygen atoms in total. The second kappa shape index (κ2) is 7.94. The molecule has 2 amide bonds. The SMILES string of the molecule is NC(=O)CN(Cc1ccccc1)C(=O)c1ccn(C2CCCNC2)n1. The van der Waals surface area contributed by atoms with Crippen LogP contribution in [-0.2, 0) is 11.3 Å². The molecular formula is C18H23N5O2. The summed E-state index contributed by atoms with van der Waals surface area (Å²) in [5, 5.41) is 7.77. The van der Waals surface area contributed by atoms with Gasteiger partial charge in [-0.3, -0.25) is 14.3 Å². The maximum atomic E-state index is 12.8. The second-order valence-corrected chi connectivity index (χ2v) is 6.29. The Bertz CT molecular complexity index is 722. The zero-order valence-corrected chi connectivity index (χ0v) is 14.1. The third-order valence-electron chi connectivity index (χ3n) is 4.32. The van der Waals surface area contributed by atoms with Crippen LogP contribution in [0.25, 0.3) is 0 Å². The molecule has 0 radical (unpaired) electrons. The molecule has 1 fully saturated rings. The van der Waals surface area contributed by atoms with Gasteiger partial charge in [-0.25, -0.2) is 0 Å². The summed E-state index contributed by atoms with van der Waals surface area (Å²) in [4.78, 5) is 25.6. The molecule has 3 N–H and O–H groups in total. The van der Waals surface area contributed by atoms with Crippen molar-refractivity contribution >= 4 is 11.8 Å². The van der Waals surface area contributed by atoms with E-state index in [0.29, 0.717) is 12.2 Å². The normalized spacial score (nSPS) is 17.2. The molecule has 0 spiro atoms. The molecule has 2 aromatic rings. The first-order chi connectivity index (χ1) is 12.1. The first kappa shape index (κ1) is 17.2. The van der Waals surface area contributed by atoms with Gasteiger partial charge in [0, 0.05) is 19.3 Å². The predicted molar refractivity (Wildman–Crippen MR) is 93.7 cm³/mol. The van der Waals surface area contributed by atoms with Crippen molar-refractivity contribution in [3.05, 3.63) is 53.9 Å². The van der Waals surface area contributed by atoms with E-state index in [0.717, 1.165) is 31.5 Å². The van der Waals surface area contributed by atoms with Crippen molar-refractivity contribution < 1.29 is 9.59 Å². The average Bonchev–Trinajstić information content (AvgIpc) is 3.12. The minimum absolute atomic E-state index is 0.133. The molecule has 1 atom stereocenters. The Balaban J connectivity index is 1.75. The maximum absolute atomic E-state index is 12.8. The minimum atomic E-state index is -0.541. The van der Waals surface area contributed by atoms with E-state index < -0.39 is 5.91 Å². The Morgan fingerprint density at radius 3 is 2.76 bits per heavy atom. The molecule has 1 aromatic heterocycles. The fourth-order valence-corrected chi connectivity index (χ4v) is 3.07. The number of amides is 2. The van der Waals surface area contributed by atoms with Crippen molar-refractivity contribution in [3.8, 4) is 0 Å². The molecule has 7 heteroatoms. The number of carbonyl (C=O) groups is 2. The van der Waals surface area contributed by atoms with Gasteiger partial charge in [0.25, 0.3) is 5.91 Å². The van der Waals surface area contributed by atoms with Gasteiger partial charge in [0.15, 0.2) is 0 Å². The summed E-state index contributed by atoms with van der Waals surface area (Å²) < 4.78 is 1.84. The van der Waals surface area contributed by atoms with Gasteiger partial charge in [0.05, 0.1) is 6.04 Å². The van der Waals surface area contributed by atoms with Crippen LogP contribution in [0.4, 0.5) is 0 Å². The molecule has 1 aliphatic rings. The number of rotatable bonds is 6. The number of hydrogen-bond donors (Lipinski definition) is 2. The van der Waals surface area contributed by atoms with Crippen molar-refractivity contribution in [3.63, 3.8) is 0 Å². The van der Waals surface area contributed by atoms with Crippen LogP contribution in [0.1, 0.15) is 34.9 Å². The van der Waals surface area contributed by atoms with Crippen molar-refractivity contribution in [1.82, 2.24) is 20.0 Å². The second-order valence-electron chi connectivity index (χ2n) is 6.29. The summed E-state index contributed by atoms with van der Waals surface area (Å²) in [7, 11) is 0. The summed E-state index contributed by atoms with van der Waals surface area (Å²) in [6.07, 6.45) is 3.96. The average molecular weight is 341 g/mol. The van der Waals surface area contributed by atoms with Crippen LogP contribution < -0.4 is 11.1 Å². The Morgan fingerprint density at radius 2 is 2.08 bits per heavy atom. The molecule has 1 aromatic carbocycles. The number of nitrogens with one attached hydrogen (secondary N) is 1. The zero-order chi connectivity index (χ0) is 17.6. The quantitative estimate of drug-likeness (QED) is 0.817. The van der Waals surface area contributed by atoms with Crippen molar-refractivity contribution in [2.45, 2.75) is 25.4 Å². The molecular weight excluding hydrogens is 318 g/mol. The summed E-state index contributed by atoms with van der Waals surface area (Å²) in [5.74, 6) is -0.828. The monoisotopic (exact) mass is 341 g/mol. The van der Waals surface area contributed by atoms with E-state index in [-0.39, 0.29) is 18.5 Å². The summed E-state index contributed by atoms with van der Waals surface area (Å²) in [6, 6.07) is 11.5. The fraction of sp³-hybridized carbons (Fsp3) is 0.389. The molecule has 0 aliphatic carbocycles. The molecule has 25 heavy (non-hydrogen) atoms. The smallest absolute Gasteiger partial charge is 0.275 e. The van der Waals surface area contributed by atoms with Crippen LogP contribution in [0.3, 0.4) is 0 Å². The Hall–Kier alpha value is -2.67. The standard InChI is InChI=1S/C18H23N5O2/c19-17(24)13-22(12-14-5-2-1-3-6-14)18(25)16-8-10-23(21-16)15-7-4-9-20-11-15/h1-3,5-6,8,10,15,20H,4,7,9,11-13H2,(H2,19,24). The molecule has 132 valence electrons. The number of nitrogens with zero attached hydrogens (tertiary/aromatic N) is 3. The Morgan fingerprint density at radius 1 is 1.28 bits per heavy atom. The number of piperidine rings is 1. The van der Waals surface area contributed by atoms with Gasteiger partial charge >= 0.3 is 0 Å². The fourth-order valence-electron chi connectivity index (χ4n) is 3.07. The number of aromatic nitrogens is 2. The summed E-state index contributed by atoms with van der Waals surface area (Å²) in [6.45, 7) is 2.06. The van der Waals surface area contributed by atoms with Crippen molar-refractivity contribution in [2.24, 2.45) is 5.73 Å². The van der Waals surface area contributed by atoms with E-state index in [1.807, 2.05) is 41.2 Å². The lowest BCUT2D eigenvalue weighted by Gasteiger charge is -2.23. The summed E-state index contributed by atoms with van der Waals surface area (Å²) >= 11 is 0. The number of primary amides is 1. The maximum Gasteiger partial charge on any atom is 0.275 e. The van der Waals surface area contributed by atoms with Crippen LogP contribution in [0.15, 0.2) is 42.6 Å². The van der Waals surface area contributed by atoms with Crippen LogP contribution in [-0.4, -0.2) is 46.1 Å². The molecule has 0 saturated carbocycles. The first-order valence-electron chi connectivity index (χ1n) is 8.51. The van der Waals surface area contributed by atoms with Gasteiger partial charge in [0.2, 0.25) is 5.91 Å². The highest BCUT2D eigenvalue weighted by atomic mass is 16.2. The lowest BCUT2D eigenvalue weighted by atomic mass is 10.1. The predicted octanol–water partition coefficient (Wildman–Crippen LogP) is 0.935. The molecule has 2 heterocycles. The number of carbonyl (C=O) groups excluding carboxylic acids is 2. The van der Waals surface area contributed by atoms with Crippen molar-refractivity contribution in [2.75, 3.05) is 19.6 Å². The van der Waals surface area contributed by atoms with Gasteiger partial charge < -0.3 is 16.0 Å². The largest absolute Gasteiger partial charge is 0.368 e. The molecule has 0 bridgehead atoms. The van der Waals surface area contributed by atoms with E-state index in [4.69, 9.17) is 5.73 Å². The first-order valence-corrected chi connectivity index (χ1v) is 8.51. The topological polar surface area (TPSA) is 93.3 Å². The highest BCUT2D eigenvalue weighted by Gasteiger charge is 2.22. The third-order valence-corrected chi connectivity index (χ3v) is 4.32. The van der Waals surface area contributed by atoms with E-state index in [2.05, 4.69) is 10.4 Å². The molecule has 3 rings (SSSR count). The highest BCUT2D eigenvalue weighted by molar-refractivity contribution is 5.94. The van der Waals surface area contributed by atoms with Crippen LogP contribution >= 0.6 is 0 Å². The molecule has 1 unspecified atom stereocenters. The Labute approximate surface area is 146 Å². The van der Waals surface area contributed by atoms with Gasteiger partial charge in [0.1, 0.15) is 12.2 Å². The van der Waals surface area contributed by atoms with Crippen LogP contribution in [0.5, 0.6) is 0 Å². The Kier molecular flexibility index (Phi) is 5.45. The zero-order valence-electron chi connectivity index (χ0n) is 14.1. The molecule has 1 saturated heterocycles. The number of hydrogen-bond acceptors (Lipinski definition) is 4. The van der Waals surface area contributed by atoms with E-state index in [9.17, 15) is 9.59 Å². The lowest BCUT2D eigenvalue weighted by Crippen LogP contribution is -2.38. The van der Waals surface area contributed by atoms with Crippen molar-refractivity contribution in [1.29, 1.82) is 0 Å². The molecule has 1 aliphatic heterocycles. The van der Waals surface area contributed by atoms with Crippen LogP contribution in [0.2, 0.25) is 0 Å². The van der Waals surface area contributed by atoms with Gasteiger partial charge in [-0.05, 0) is 31.0 Å². The van der Waals surface area contributed by atoms with Crippen LogP contribution in [0, 0.1) is 0 Å². The van der Waals surface area contributed by atoms with E-state index in [1.165, 1.54) is 4.90 Å². The number of benzene rings is 1. The number of nitrogens with two attached hydrogens (primary N) is 1. The summed E-state index contributed by atoms with van der Waals surface area (Å²) in [5.41, 5.74) is 6.59. The third kappa shape index (κ3) is 4.45. The lowest BCUT2D eigenvalue weighted by molar-refractivity contribution is -0.118. The van der Waals surface area contributed by atoms with Gasteiger partial charge in [-0.15, -0.1) is 0 Å². The van der Waals surface area contributed by atoms with Gasteiger partial charge in [-0.1, -0.05) is 30.3 Å².